The van der Waals surface area contributed by atoms with Crippen molar-refractivity contribution in [1.29, 1.82) is 0 Å². The van der Waals surface area contributed by atoms with E-state index in [9.17, 15) is 14.4 Å². The van der Waals surface area contributed by atoms with E-state index >= 15 is 0 Å². The summed E-state index contributed by atoms with van der Waals surface area (Å²) in [5.74, 6) is -4.27. The van der Waals surface area contributed by atoms with Crippen molar-refractivity contribution in [3.05, 3.63) is 168 Å². The first-order valence-electron chi connectivity index (χ1n) is 23.7. The fraction of sp³-hybridized carbons (Fsp3) is 0.400. The van der Waals surface area contributed by atoms with Crippen LogP contribution < -0.4 is 10.4 Å². The topological polar surface area (TPSA) is 153 Å². The van der Waals surface area contributed by atoms with Crippen LogP contribution in [0.5, 0.6) is 0 Å². The average Bonchev–Trinajstić information content (AvgIpc) is 3.86. The molecule has 4 aliphatic heterocycles. The molecule has 0 amide bonds. The summed E-state index contributed by atoms with van der Waals surface area (Å²) in [5.41, 5.74) is 0.629. The maximum atomic E-state index is 14.4. The Morgan fingerprint density at radius 3 is 1.39 bits per heavy atom. The van der Waals surface area contributed by atoms with E-state index in [0.717, 1.165) is 10.4 Å². The molecule has 0 N–H and O–H groups in total. The van der Waals surface area contributed by atoms with Crippen molar-refractivity contribution in [1.82, 2.24) is 0 Å². The second-order valence-electron chi connectivity index (χ2n) is 19.8. The second-order valence-corrected chi connectivity index (χ2v) is 24.1. The summed E-state index contributed by atoms with van der Waals surface area (Å²) in [6, 6.07) is 45.2. The van der Waals surface area contributed by atoms with Crippen LogP contribution in [-0.4, -0.2) is 112 Å². The van der Waals surface area contributed by atoms with Gasteiger partial charge in [-0.05, 0) is 79.5 Å². The molecule has 0 spiro atoms. The van der Waals surface area contributed by atoms with E-state index in [-0.39, 0.29) is 29.9 Å². The summed E-state index contributed by atoms with van der Waals surface area (Å²) >= 11 is 0. The third kappa shape index (κ3) is 10.4. The summed E-state index contributed by atoms with van der Waals surface area (Å²) in [5, 5.41) is 1.50. The number of fused-ring (bicyclic) bond motifs is 3. The van der Waals surface area contributed by atoms with Crippen molar-refractivity contribution in [3.63, 3.8) is 0 Å². The maximum absolute atomic E-state index is 14.4. The molecule has 0 unspecified atom stereocenters. The minimum absolute atomic E-state index is 0.196. The lowest BCUT2D eigenvalue weighted by molar-refractivity contribution is -0.312. The summed E-state index contributed by atoms with van der Waals surface area (Å²) < 4.78 is 72.3. The molecule has 0 radical (unpaired) electrons. The van der Waals surface area contributed by atoms with E-state index in [4.69, 9.17) is 51.8 Å². The lowest BCUT2D eigenvalue weighted by atomic mass is 9.97. The van der Waals surface area contributed by atoms with Gasteiger partial charge in [0.15, 0.2) is 42.5 Å². The first-order valence-corrected chi connectivity index (χ1v) is 25.6. The first kappa shape index (κ1) is 49.4. The Labute approximate surface area is 409 Å². The van der Waals surface area contributed by atoms with Gasteiger partial charge in [-0.25, -0.2) is 14.4 Å². The Morgan fingerprint density at radius 2 is 0.900 bits per heavy atom. The van der Waals surface area contributed by atoms with Gasteiger partial charge in [0, 0.05) is 0 Å². The normalized spacial score (nSPS) is 27.9. The fourth-order valence-electron chi connectivity index (χ4n) is 9.83. The molecular formula is C55H60O14Si. The zero-order chi connectivity index (χ0) is 49.3. The van der Waals surface area contributed by atoms with Crippen molar-refractivity contribution in [2.75, 3.05) is 13.2 Å². The Bertz CT molecular complexity index is 2520. The molecule has 4 heterocycles. The zero-order valence-corrected chi connectivity index (χ0v) is 41.3. The second kappa shape index (κ2) is 20.3. The van der Waals surface area contributed by atoms with E-state index in [2.05, 4.69) is 45.0 Å². The SMILES string of the molecule is CC1(C)O[C@H]2[C@@H](O1)[C@@H](CO[C@@H]1O[C@H](CO[Si](c3ccccc3)(c3ccccc3)C(C)(C)C)[C@H](OC(=O)c3ccccc3)[C@H](OC(=O)c3ccccc3)[C@H]1OC(=O)c1ccccc1)O[C@@H]1OC(C)(C)O[C@@H]12. The molecule has 4 aliphatic rings. The van der Waals surface area contributed by atoms with Gasteiger partial charge in [-0.15, -0.1) is 0 Å². The number of hydrogen-bond donors (Lipinski definition) is 0. The van der Waals surface area contributed by atoms with E-state index in [1.165, 1.54) is 0 Å². The standard InChI is InChI=1S/C55H60O14Si/c1-53(2,3)70(38-29-19-11-20-30-38,39-31-21-12-22-32-39)60-34-41-42(63-48(56)35-23-13-8-14-24-35)44(64-49(57)36-25-15-9-16-26-36)46(65-50(58)37-27-17-10-18-28-37)51(61-41)59-33-40-43-45(67-54(4,5)66-43)47-52(62-40)69-55(6,7)68-47/h8-32,40-47,51-52H,33-34H2,1-7H3/t40-,41-,42+,43+,44+,45+,46-,47-,51-,52-/m1/s1. The molecule has 0 bridgehead atoms. The van der Waals surface area contributed by atoms with Gasteiger partial charge in [-0.3, -0.25) is 0 Å². The number of benzene rings is 5. The number of rotatable bonds is 14. The van der Waals surface area contributed by atoms with Crippen molar-refractivity contribution < 1.29 is 66.2 Å². The molecule has 14 nitrogen and oxygen atoms in total. The molecule has 4 saturated heterocycles. The molecule has 5 aromatic carbocycles. The fourth-order valence-corrected chi connectivity index (χ4v) is 14.4. The van der Waals surface area contributed by atoms with Crippen LogP contribution in [0, 0.1) is 0 Å². The zero-order valence-electron chi connectivity index (χ0n) is 40.3. The smallest absolute Gasteiger partial charge is 0.338 e. The van der Waals surface area contributed by atoms with Crippen LogP contribution in [-0.2, 0) is 51.8 Å². The molecule has 0 saturated carbocycles. The highest BCUT2D eigenvalue weighted by molar-refractivity contribution is 6.99. The van der Waals surface area contributed by atoms with Crippen LogP contribution in [0.15, 0.2) is 152 Å². The van der Waals surface area contributed by atoms with Crippen LogP contribution in [0.25, 0.3) is 0 Å². The summed E-state index contributed by atoms with van der Waals surface area (Å²) in [7, 11) is -3.31. The molecule has 4 fully saturated rings. The van der Waals surface area contributed by atoms with Crippen molar-refractivity contribution in [2.45, 2.75) is 126 Å². The Kier molecular flexibility index (Phi) is 14.3. The highest BCUT2D eigenvalue weighted by atomic mass is 28.4. The third-order valence-corrected chi connectivity index (χ3v) is 17.9. The van der Waals surface area contributed by atoms with Gasteiger partial charge in [-0.1, -0.05) is 136 Å². The number of esters is 3. The van der Waals surface area contributed by atoms with E-state index in [0.29, 0.717) is 0 Å². The third-order valence-electron chi connectivity index (χ3n) is 12.9. The van der Waals surface area contributed by atoms with E-state index in [1.54, 1.807) is 105 Å². The Hall–Kier alpha value is -5.59. The van der Waals surface area contributed by atoms with Crippen LogP contribution in [0.2, 0.25) is 5.04 Å². The minimum Gasteiger partial charge on any atom is -0.452 e. The maximum Gasteiger partial charge on any atom is 0.338 e. The quantitative estimate of drug-likeness (QED) is 0.0618. The highest BCUT2D eigenvalue weighted by Gasteiger charge is 2.62. The Balaban J connectivity index is 1.15. The number of carbonyl (C=O) groups is 3. The van der Waals surface area contributed by atoms with Crippen LogP contribution in [0.4, 0.5) is 0 Å². The molecule has 70 heavy (non-hydrogen) atoms. The number of ether oxygens (including phenoxy) is 10. The monoisotopic (exact) mass is 972 g/mol. The van der Waals surface area contributed by atoms with Gasteiger partial charge < -0.3 is 51.8 Å². The number of carbonyl (C=O) groups excluding carboxylic acids is 3. The summed E-state index contributed by atoms with van der Waals surface area (Å²) in [6.45, 7) is 13.2. The molecule has 0 aliphatic carbocycles. The van der Waals surface area contributed by atoms with Gasteiger partial charge in [-0.2, -0.15) is 0 Å². The summed E-state index contributed by atoms with van der Waals surface area (Å²) in [4.78, 5) is 43.1. The largest absolute Gasteiger partial charge is 0.452 e. The van der Waals surface area contributed by atoms with E-state index < -0.39 is 104 Å². The highest BCUT2D eigenvalue weighted by Crippen LogP contribution is 2.45. The van der Waals surface area contributed by atoms with Crippen molar-refractivity contribution >= 4 is 36.6 Å². The summed E-state index contributed by atoms with van der Waals surface area (Å²) in [6.07, 6.45) is -10.8. The lowest BCUT2D eigenvalue weighted by Gasteiger charge is -2.47. The van der Waals surface area contributed by atoms with Gasteiger partial charge in [0.2, 0.25) is 0 Å². The van der Waals surface area contributed by atoms with Crippen LogP contribution in [0.1, 0.15) is 79.5 Å². The molecule has 368 valence electrons. The lowest BCUT2D eigenvalue weighted by Crippen LogP contribution is -2.69. The molecule has 5 aromatic rings. The molecule has 15 heteroatoms. The first-order chi connectivity index (χ1) is 33.5. The van der Waals surface area contributed by atoms with Crippen molar-refractivity contribution in [2.24, 2.45) is 0 Å². The predicted molar refractivity (Wildman–Crippen MR) is 258 cm³/mol. The van der Waals surface area contributed by atoms with Crippen LogP contribution >= 0.6 is 0 Å². The predicted octanol–water partition coefficient (Wildman–Crippen LogP) is 7.38. The molecular weight excluding hydrogens is 913 g/mol. The van der Waals surface area contributed by atoms with Crippen LogP contribution in [0.3, 0.4) is 0 Å². The van der Waals surface area contributed by atoms with Gasteiger partial charge in [0.05, 0.1) is 29.9 Å². The minimum atomic E-state index is -3.31. The molecule has 10 atom stereocenters. The molecule has 9 rings (SSSR count). The van der Waals surface area contributed by atoms with Crippen molar-refractivity contribution in [3.8, 4) is 0 Å². The molecule has 0 aromatic heterocycles. The number of hydrogen-bond acceptors (Lipinski definition) is 14. The van der Waals surface area contributed by atoms with Gasteiger partial charge in [0.1, 0.15) is 30.5 Å². The van der Waals surface area contributed by atoms with Gasteiger partial charge in [0.25, 0.3) is 8.32 Å². The Morgan fingerprint density at radius 1 is 0.486 bits per heavy atom. The van der Waals surface area contributed by atoms with E-state index in [1.807, 2.05) is 50.2 Å². The average molecular weight is 973 g/mol. The van der Waals surface area contributed by atoms with Gasteiger partial charge >= 0.3 is 17.9 Å².